The van der Waals surface area contributed by atoms with Crippen molar-refractivity contribution in [2.24, 2.45) is 10.9 Å². The number of halogens is 1. The summed E-state index contributed by atoms with van der Waals surface area (Å²) in [6.45, 7) is 9.92. The summed E-state index contributed by atoms with van der Waals surface area (Å²) in [6, 6.07) is 4.98. The molecule has 1 amide bonds. The van der Waals surface area contributed by atoms with Crippen molar-refractivity contribution >= 4 is 28.8 Å². The minimum atomic E-state index is -0.373. The van der Waals surface area contributed by atoms with E-state index in [1.165, 1.54) is 24.1 Å². The van der Waals surface area contributed by atoms with Crippen molar-refractivity contribution in [3.05, 3.63) is 44.2 Å². The van der Waals surface area contributed by atoms with E-state index in [0.717, 1.165) is 17.8 Å². The molecule has 146 valence electrons. The van der Waals surface area contributed by atoms with Crippen molar-refractivity contribution in [1.82, 2.24) is 4.57 Å². The third-order valence-corrected chi connectivity index (χ3v) is 6.16. The Kier molecular flexibility index (Phi) is 5.79. The highest BCUT2D eigenvalue weighted by atomic mass is 35.5. The van der Waals surface area contributed by atoms with E-state index in [9.17, 15) is 4.79 Å². The van der Waals surface area contributed by atoms with Crippen LogP contribution in [0.5, 0.6) is 5.75 Å². The van der Waals surface area contributed by atoms with E-state index in [4.69, 9.17) is 21.1 Å². The van der Waals surface area contributed by atoms with Gasteiger partial charge in [0.15, 0.2) is 4.80 Å². The molecule has 1 aromatic carbocycles. The van der Waals surface area contributed by atoms with Crippen molar-refractivity contribution in [2.75, 3.05) is 13.7 Å². The number of hydrogen-bond acceptors (Lipinski definition) is 4. The van der Waals surface area contributed by atoms with Crippen LogP contribution in [0.15, 0.2) is 23.2 Å². The Labute approximate surface area is 168 Å². The van der Waals surface area contributed by atoms with E-state index in [-0.39, 0.29) is 11.5 Å². The van der Waals surface area contributed by atoms with Crippen LogP contribution in [0.3, 0.4) is 0 Å². The van der Waals surface area contributed by atoms with Crippen LogP contribution < -0.4 is 9.54 Å². The Morgan fingerprint density at radius 3 is 2.85 bits per heavy atom. The van der Waals surface area contributed by atoms with Gasteiger partial charge in [-0.25, -0.2) is 0 Å². The van der Waals surface area contributed by atoms with Gasteiger partial charge in [0.25, 0.3) is 5.91 Å². The van der Waals surface area contributed by atoms with Crippen LogP contribution in [0.25, 0.3) is 0 Å². The van der Waals surface area contributed by atoms with Gasteiger partial charge in [-0.15, -0.1) is 0 Å². The molecular formula is C20H25ClN2O3S. The van der Waals surface area contributed by atoms with E-state index in [1.807, 2.05) is 0 Å². The molecule has 0 spiro atoms. The van der Waals surface area contributed by atoms with Gasteiger partial charge in [-0.05, 0) is 38.0 Å². The number of carbonyl (C=O) groups excluding carboxylic acids is 1. The minimum absolute atomic E-state index is 0.357. The number of amides is 1. The van der Waals surface area contributed by atoms with Gasteiger partial charge in [0.2, 0.25) is 0 Å². The third-order valence-electron chi connectivity index (χ3n) is 4.50. The SMILES string of the molecule is COc1ccc(Cl)cc1C(=O)/N=c1\sc2c(n1CC(C)C)CCOC2(C)C. The molecule has 0 radical (unpaired) electrons. The minimum Gasteiger partial charge on any atom is -0.496 e. The average molecular weight is 409 g/mol. The summed E-state index contributed by atoms with van der Waals surface area (Å²) in [5.74, 6) is 0.544. The van der Waals surface area contributed by atoms with Gasteiger partial charge >= 0.3 is 0 Å². The molecule has 1 aliphatic rings. The van der Waals surface area contributed by atoms with E-state index in [0.29, 0.717) is 33.7 Å². The number of ether oxygens (including phenoxy) is 2. The third kappa shape index (κ3) is 4.13. The van der Waals surface area contributed by atoms with Gasteiger partial charge in [-0.2, -0.15) is 4.99 Å². The maximum Gasteiger partial charge on any atom is 0.283 e. The topological polar surface area (TPSA) is 52.8 Å². The zero-order chi connectivity index (χ0) is 19.8. The zero-order valence-electron chi connectivity index (χ0n) is 16.3. The molecule has 7 heteroatoms. The van der Waals surface area contributed by atoms with Gasteiger partial charge in [0, 0.05) is 23.7 Å². The molecular weight excluding hydrogens is 384 g/mol. The fraction of sp³-hybridized carbons (Fsp3) is 0.500. The Hall–Kier alpha value is -1.63. The highest BCUT2D eigenvalue weighted by molar-refractivity contribution is 7.09. The monoisotopic (exact) mass is 408 g/mol. The zero-order valence-corrected chi connectivity index (χ0v) is 17.9. The van der Waals surface area contributed by atoms with Crippen molar-refractivity contribution in [3.63, 3.8) is 0 Å². The first-order chi connectivity index (χ1) is 12.7. The van der Waals surface area contributed by atoms with Crippen LogP contribution in [0.2, 0.25) is 5.02 Å². The summed E-state index contributed by atoms with van der Waals surface area (Å²) >= 11 is 7.60. The average Bonchev–Trinajstić information content (AvgIpc) is 2.93. The highest BCUT2D eigenvalue weighted by Crippen LogP contribution is 2.35. The molecule has 27 heavy (non-hydrogen) atoms. The molecule has 3 rings (SSSR count). The fourth-order valence-corrected chi connectivity index (χ4v) is 4.67. The van der Waals surface area contributed by atoms with E-state index >= 15 is 0 Å². The van der Waals surface area contributed by atoms with Crippen LogP contribution >= 0.6 is 22.9 Å². The number of hydrogen-bond donors (Lipinski definition) is 0. The lowest BCUT2D eigenvalue weighted by molar-refractivity contribution is -0.0299. The van der Waals surface area contributed by atoms with Crippen molar-refractivity contribution in [2.45, 2.75) is 46.3 Å². The first-order valence-corrected chi connectivity index (χ1v) is 10.2. The molecule has 0 fully saturated rings. The summed E-state index contributed by atoms with van der Waals surface area (Å²) in [6.07, 6.45) is 0.826. The fourth-order valence-electron chi connectivity index (χ4n) is 3.26. The molecule has 0 aliphatic carbocycles. The Morgan fingerprint density at radius 2 is 2.19 bits per heavy atom. The largest absolute Gasteiger partial charge is 0.496 e. The maximum atomic E-state index is 12.9. The molecule has 0 N–H and O–H groups in total. The van der Waals surface area contributed by atoms with Crippen molar-refractivity contribution in [1.29, 1.82) is 0 Å². The molecule has 0 bridgehead atoms. The van der Waals surface area contributed by atoms with Gasteiger partial charge < -0.3 is 14.0 Å². The Morgan fingerprint density at radius 1 is 1.44 bits per heavy atom. The lowest BCUT2D eigenvalue weighted by Gasteiger charge is -2.30. The van der Waals surface area contributed by atoms with Gasteiger partial charge in [-0.3, -0.25) is 4.79 Å². The van der Waals surface area contributed by atoms with Crippen molar-refractivity contribution in [3.8, 4) is 5.75 Å². The standard InChI is InChI=1S/C20H25ClN2O3S/c1-12(2)11-23-15-8-9-26-20(3,4)17(15)27-19(23)22-18(24)14-10-13(21)6-7-16(14)25-5/h6-7,10,12H,8-9,11H2,1-5H3/b22-19-. The summed E-state index contributed by atoms with van der Waals surface area (Å²) < 4.78 is 13.4. The quantitative estimate of drug-likeness (QED) is 0.752. The molecule has 5 nitrogen and oxygen atoms in total. The lowest BCUT2D eigenvalue weighted by Crippen LogP contribution is -2.30. The van der Waals surface area contributed by atoms with E-state index < -0.39 is 0 Å². The number of nitrogens with zero attached hydrogens (tertiary/aromatic N) is 2. The molecule has 2 aromatic rings. The molecule has 0 saturated heterocycles. The second-order valence-corrected chi connectivity index (χ2v) is 8.95. The smallest absolute Gasteiger partial charge is 0.283 e. The predicted octanol–water partition coefficient (Wildman–Crippen LogP) is 4.42. The summed E-state index contributed by atoms with van der Waals surface area (Å²) in [4.78, 5) is 19.2. The second kappa shape index (κ2) is 7.78. The molecule has 0 saturated carbocycles. The van der Waals surface area contributed by atoms with Crippen LogP contribution in [-0.2, 0) is 23.3 Å². The number of methoxy groups -OCH3 is 1. The second-order valence-electron chi connectivity index (χ2n) is 7.54. The number of aromatic nitrogens is 1. The molecule has 2 heterocycles. The van der Waals surface area contributed by atoms with Crippen molar-refractivity contribution < 1.29 is 14.3 Å². The van der Waals surface area contributed by atoms with Crippen LogP contribution in [0.4, 0.5) is 0 Å². The van der Waals surface area contributed by atoms with Gasteiger partial charge in [0.1, 0.15) is 5.75 Å². The number of rotatable bonds is 4. The Bertz CT molecular complexity index is 928. The first-order valence-electron chi connectivity index (χ1n) is 9.02. The van der Waals surface area contributed by atoms with Gasteiger partial charge in [0.05, 0.1) is 29.8 Å². The number of fused-ring (bicyclic) bond motifs is 1. The molecule has 1 aliphatic heterocycles. The Balaban J connectivity index is 2.15. The number of carbonyl (C=O) groups is 1. The van der Waals surface area contributed by atoms with Crippen LogP contribution in [-0.4, -0.2) is 24.2 Å². The van der Waals surface area contributed by atoms with Gasteiger partial charge in [-0.1, -0.05) is 36.8 Å². The summed E-state index contributed by atoms with van der Waals surface area (Å²) in [5, 5.41) is 0.476. The maximum absolute atomic E-state index is 12.9. The molecule has 0 unspecified atom stereocenters. The summed E-state index contributed by atoms with van der Waals surface area (Å²) in [5.41, 5.74) is 1.21. The lowest BCUT2D eigenvalue weighted by atomic mass is 10.0. The normalized spacial score (nSPS) is 16.5. The first kappa shape index (κ1) is 20.1. The van der Waals surface area contributed by atoms with E-state index in [1.54, 1.807) is 18.2 Å². The van der Waals surface area contributed by atoms with E-state index in [2.05, 4.69) is 37.3 Å². The number of thiazole rings is 1. The highest BCUT2D eigenvalue weighted by Gasteiger charge is 2.33. The predicted molar refractivity (Wildman–Crippen MR) is 108 cm³/mol. The number of benzene rings is 1. The molecule has 1 aromatic heterocycles. The van der Waals surface area contributed by atoms with Crippen LogP contribution in [0, 0.1) is 5.92 Å². The molecule has 0 atom stereocenters. The van der Waals surface area contributed by atoms with Crippen LogP contribution in [0.1, 0.15) is 48.6 Å². The summed E-state index contributed by atoms with van der Waals surface area (Å²) in [7, 11) is 1.53.